The first-order valence-corrected chi connectivity index (χ1v) is 8.20. The van der Waals surface area contributed by atoms with Gasteiger partial charge < -0.3 is 4.74 Å². The number of aryl methyl sites for hydroxylation is 1. The maximum absolute atomic E-state index is 11.7. The third-order valence-electron chi connectivity index (χ3n) is 4.05. The van der Waals surface area contributed by atoms with Gasteiger partial charge in [-0.05, 0) is 67.8 Å². The second-order valence-corrected chi connectivity index (χ2v) is 5.93. The van der Waals surface area contributed by atoms with Crippen LogP contribution in [0.3, 0.4) is 0 Å². The summed E-state index contributed by atoms with van der Waals surface area (Å²) in [6.45, 7) is 6.41. The molecule has 1 aliphatic rings. The van der Waals surface area contributed by atoms with Crippen LogP contribution in [0.25, 0.3) is 11.1 Å². The second-order valence-electron chi connectivity index (χ2n) is 5.93. The van der Waals surface area contributed by atoms with Crippen molar-refractivity contribution in [3.8, 4) is 11.1 Å². The fraction of sp³-hybridized carbons (Fsp3) is 0.250. The van der Waals surface area contributed by atoms with E-state index in [2.05, 4.69) is 49.7 Å². The number of ether oxygens (including phenoxy) is 1. The normalized spacial score (nSPS) is 16.5. The predicted octanol–water partition coefficient (Wildman–Crippen LogP) is 4.07. The third-order valence-corrected chi connectivity index (χ3v) is 4.05. The first kappa shape index (κ1) is 16.3. The predicted molar refractivity (Wildman–Crippen MR) is 96.8 cm³/mol. The summed E-state index contributed by atoms with van der Waals surface area (Å²) in [5.41, 5.74) is 8.49. The highest BCUT2D eigenvalue weighted by atomic mass is 16.5. The molecule has 0 radical (unpaired) electrons. The molecular formula is C20H22N2O2. The van der Waals surface area contributed by atoms with Gasteiger partial charge in [-0.2, -0.15) is 0 Å². The molecule has 1 N–H and O–H groups in total. The number of rotatable bonds is 4. The molecule has 0 saturated carbocycles. The number of anilines is 1. The van der Waals surface area contributed by atoms with Crippen molar-refractivity contribution in [2.45, 2.75) is 26.8 Å². The molecule has 0 spiro atoms. The highest BCUT2D eigenvalue weighted by Crippen LogP contribution is 2.28. The number of benzene rings is 2. The van der Waals surface area contributed by atoms with E-state index in [9.17, 15) is 4.79 Å². The molecule has 24 heavy (non-hydrogen) atoms. The van der Waals surface area contributed by atoms with Gasteiger partial charge in [-0.1, -0.05) is 18.2 Å². The van der Waals surface area contributed by atoms with Crippen LogP contribution in [0.15, 0.2) is 54.7 Å². The van der Waals surface area contributed by atoms with Crippen molar-refractivity contribution >= 4 is 11.7 Å². The van der Waals surface area contributed by atoms with Gasteiger partial charge in [-0.25, -0.2) is 10.2 Å². The first-order valence-electron chi connectivity index (χ1n) is 8.20. The van der Waals surface area contributed by atoms with Gasteiger partial charge in [0.2, 0.25) is 0 Å². The quantitative estimate of drug-likeness (QED) is 0.862. The smallest absolute Gasteiger partial charge is 0.338 e. The number of nitrogens with one attached hydrogen (secondary N) is 1. The minimum Gasteiger partial charge on any atom is -0.462 e. The highest BCUT2D eigenvalue weighted by Gasteiger charge is 2.14. The molecule has 0 amide bonds. The Morgan fingerprint density at radius 1 is 1.17 bits per heavy atom. The van der Waals surface area contributed by atoms with Crippen molar-refractivity contribution in [2.75, 3.05) is 11.6 Å². The third kappa shape index (κ3) is 3.34. The molecule has 0 aromatic heterocycles. The Balaban J connectivity index is 1.81. The zero-order valence-corrected chi connectivity index (χ0v) is 14.2. The molecule has 0 saturated heterocycles. The minimum atomic E-state index is -0.281. The topological polar surface area (TPSA) is 41.6 Å². The van der Waals surface area contributed by atoms with Gasteiger partial charge in [0.25, 0.3) is 0 Å². The second kappa shape index (κ2) is 6.89. The molecular weight excluding hydrogens is 300 g/mol. The van der Waals surface area contributed by atoms with Gasteiger partial charge >= 0.3 is 5.97 Å². The average molecular weight is 322 g/mol. The lowest BCUT2D eigenvalue weighted by Crippen LogP contribution is -2.33. The molecule has 1 heterocycles. The molecule has 1 atom stereocenters. The molecule has 0 fully saturated rings. The van der Waals surface area contributed by atoms with E-state index in [0.717, 1.165) is 16.8 Å². The molecule has 3 rings (SSSR count). The molecule has 0 aliphatic carbocycles. The SMILES string of the molecule is CCOC(=O)c1ccc(-c2ccc(N3C=CC(C)N3)c(C)c2)cc1. The lowest BCUT2D eigenvalue weighted by atomic mass is 10.0. The van der Waals surface area contributed by atoms with Crippen molar-refractivity contribution in [3.63, 3.8) is 0 Å². The van der Waals surface area contributed by atoms with Crippen molar-refractivity contribution in [1.82, 2.24) is 5.43 Å². The fourth-order valence-electron chi connectivity index (χ4n) is 2.79. The summed E-state index contributed by atoms with van der Waals surface area (Å²) < 4.78 is 5.02. The largest absolute Gasteiger partial charge is 0.462 e. The van der Waals surface area contributed by atoms with E-state index < -0.39 is 0 Å². The summed E-state index contributed by atoms with van der Waals surface area (Å²) in [6.07, 6.45) is 4.18. The van der Waals surface area contributed by atoms with Gasteiger partial charge in [0.15, 0.2) is 0 Å². The Labute approximate surface area is 142 Å². The number of esters is 1. The molecule has 2 aromatic rings. The monoisotopic (exact) mass is 322 g/mol. The highest BCUT2D eigenvalue weighted by molar-refractivity contribution is 5.90. The molecule has 1 unspecified atom stereocenters. The molecule has 4 heteroatoms. The first-order chi connectivity index (χ1) is 11.6. The van der Waals surface area contributed by atoms with Gasteiger partial charge in [0, 0.05) is 12.2 Å². The average Bonchev–Trinajstić information content (AvgIpc) is 3.01. The van der Waals surface area contributed by atoms with E-state index in [-0.39, 0.29) is 5.97 Å². The number of carbonyl (C=O) groups is 1. The van der Waals surface area contributed by atoms with Gasteiger partial charge in [-0.3, -0.25) is 5.01 Å². The Bertz CT molecular complexity index is 766. The van der Waals surface area contributed by atoms with Crippen molar-refractivity contribution in [3.05, 3.63) is 65.9 Å². The molecule has 1 aliphatic heterocycles. The Kier molecular flexibility index (Phi) is 4.67. The molecule has 2 aromatic carbocycles. The van der Waals surface area contributed by atoms with E-state index in [1.54, 1.807) is 0 Å². The van der Waals surface area contributed by atoms with Crippen LogP contribution in [0.1, 0.15) is 29.8 Å². The minimum absolute atomic E-state index is 0.281. The van der Waals surface area contributed by atoms with E-state index in [0.29, 0.717) is 18.2 Å². The van der Waals surface area contributed by atoms with Crippen molar-refractivity contribution in [1.29, 1.82) is 0 Å². The summed E-state index contributed by atoms with van der Waals surface area (Å²) in [4.78, 5) is 11.7. The summed E-state index contributed by atoms with van der Waals surface area (Å²) in [5, 5.41) is 2.05. The van der Waals surface area contributed by atoms with Crippen LogP contribution in [-0.4, -0.2) is 18.6 Å². The van der Waals surface area contributed by atoms with E-state index in [4.69, 9.17) is 4.74 Å². The number of hydrogen-bond donors (Lipinski definition) is 1. The van der Waals surface area contributed by atoms with Crippen LogP contribution < -0.4 is 10.4 Å². The molecule has 0 bridgehead atoms. The van der Waals surface area contributed by atoms with E-state index in [1.165, 1.54) is 5.56 Å². The Hall–Kier alpha value is -2.59. The van der Waals surface area contributed by atoms with Crippen LogP contribution in [0.5, 0.6) is 0 Å². The maximum Gasteiger partial charge on any atom is 0.338 e. The maximum atomic E-state index is 11.7. The summed E-state index contributed by atoms with van der Waals surface area (Å²) in [5.74, 6) is -0.281. The zero-order chi connectivity index (χ0) is 17.1. The molecule has 4 nitrogen and oxygen atoms in total. The zero-order valence-electron chi connectivity index (χ0n) is 14.2. The van der Waals surface area contributed by atoms with E-state index in [1.807, 2.05) is 36.2 Å². The number of nitrogens with zero attached hydrogens (tertiary/aromatic N) is 1. The Morgan fingerprint density at radius 2 is 1.88 bits per heavy atom. The van der Waals surface area contributed by atoms with Gasteiger partial charge in [0.05, 0.1) is 17.9 Å². The number of hydrazine groups is 1. The number of hydrogen-bond acceptors (Lipinski definition) is 4. The standard InChI is InChI=1S/C20H22N2O2/c1-4-24-20(23)17-7-5-16(6-8-17)18-9-10-19(14(2)13-18)22-12-11-15(3)21-22/h5-13,15,21H,4H2,1-3H3. The summed E-state index contributed by atoms with van der Waals surface area (Å²) in [7, 11) is 0. The van der Waals surface area contributed by atoms with Crippen LogP contribution in [0, 0.1) is 6.92 Å². The van der Waals surface area contributed by atoms with Gasteiger partial charge in [0.1, 0.15) is 0 Å². The van der Waals surface area contributed by atoms with Crippen LogP contribution >= 0.6 is 0 Å². The summed E-state index contributed by atoms with van der Waals surface area (Å²) >= 11 is 0. The summed E-state index contributed by atoms with van der Waals surface area (Å²) in [6, 6.07) is 14.2. The van der Waals surface area contributed by atoms with E-state index >= 15 is 0 Å². The number of carbonyl (C=O) groups excluding carboxylic acids is 1. The van der Waals surface area contributed by atoms with Crippen LogP contribution in [-0.2, 0) is 4.74 Å². The lowest BCUT2D eigenvalue weighted by Gasteiger charge is -2.21. The van der Waals surface area contributed by atoms with Crippen LogP contribution in [0.4, 0.5) is 5.69 Å². The van der Waals surface area contributed by atoms with Crippen molar-refractivity contribution < 1.29 is 9.53 Å². The lowest BCUT2D eigenvalue weighted by molar-refractivity contribution is 0.0526. The molecule has 124 valence electrons. The van der Waals surface area contributed by atoms with Gasteiger partial charge in [-0.15, -0.1) is 0 Å². The Morgan fingerprint density at radius 3 is 2.46 bits per heavy atom. The van der Waals surface area contributed by atoms with Crippen molar-refractivity contribution in [2.24, 2.45) is 0 Å². The fourth-order valence-corrected chi connectivity index (χ4v) is 2.79. The van der Waals surface area contributed by atoms with Crippen LogP contribution in [0.2, 0.25) is 0 Å².